The SMILES string of the molecule is O=C(O)CCn1nnnc1Cc1ccc2ccccc2c1. The van der Waals surface area contributed by atoms with Crippen LogP contribution in [0.2, 0.25) is 0 Å². The Morgan fingerprint density at radius 3 is 2.76 bits per heavy atom. The molecule has 0 aliphatic heterocycles. The van der Waals surface area contributed by atoms with E-state index in [2.05, 4.69) is 39.8 Å². The quantitative estimate of drug-likeness (QED) is 0.773. The molecule has 0 aliphatic rings. The van der Waals surface area contributed by atoms with Gasteiger partial charge in [0.05, 0.1) is 13.0 Å². The molecular weight excluding hydrogens is 268 g/mol. The standard InChI is InChI=1S/C15H14N4O2/c20-15(21)7-8-19-14(16-17-18-19)10-11-5-6-12-3-1-2-4-13(12)9-11/h1-6,9H,7-8,10H2,(H,20,21). The zero-order valence-corrected chi connectivity index (χ0v) is 11.3. The van der Waals surface area contributed by atoms with Crippen LogP contribution < -0.4 is 0 Å². The van der Waals surface area contributed by atoms with Gasteiger partial charge in [0.15, 0.2) is 5.82 Å². The second kappa shape index (κ2) is 5.70. The number of hydrogen-bond donors (Lipinski definition) is 1. The van der Waals surface area contributed by atoms with E-state index >= 15 is 0 Å². The van der Waals surface area contributed by atoms with Crippen LogP contribution in [0.1, 0.15) is 17.8 Å². The Morgan fingerprint density at radius 1 is 1.14 bits per heavy atom. The van der Waals surface area contributed by atoms with Crippen molar-refractivity contribution in [2.24, 2.45) is 0 Å². The number of rotatable bonds is 5. The van der Waals surface area contributed by atoms with Crippen LogP contribution in [-0.4, -0.2) is 31.3 Å². The Morgan fingerprint density at radius 2 is 1.95 bits per heavy atom. The second-order valence-corrected chi connectivity index (χ2v) is 4.82. The topological polar surface area (TPSA) is 80.9 Å². The number of benzene rings is 2. The van der Waals surface area contributed by atoms with Gasteiger partial charge in [-0.25, -0.2) is 4.68 Å². The van der Waals surface area contributed by atoms with Gasteiger partial charge in [-0.3, -0.25) is 4.79 Å². The second-order valence-electron chi connectivity index (χ2n) is 4.82. The summed E-state index contributed by atoms with van der Waals surface area (Å²) in [4.78, 5) is 10.6. The van der Waals surface area contributed by atoms with Crippen LogP contribution in [0.5, 0.6) is 0 Å². The van der Waals surface area contributed by atoms with Crippen molar-refractivity contribution in [2.45, 2.75) is 19.4 Å². The number of aliphatic carboxylic acids is 1. The molecule has 0 atom stereocenters. The third kappa shape index (κ3) is 3.05. The maximum atomic E-state index is 10.6. The summed E-state index contributed by atoms with van der Waals surface area (Å²) in [6, 6.07) is 14.3. The summed E-state index contributed by atoms with van der Waals surface area (Å²) in [5.41, 5.74) is 1.10. The molecule has 2 aromatic carbocycles. The average Bonchev–Trinajstić information content (AvgIpc) is 2.92. The minimum absolute atomic E-state index is 0.00968. The summed E-state index contributed by atoms with van der Waals surface area (Å²) in [6.45, 7) is 0.283. The molecule has 0 amide bonds. The lowest BCUT2D eigenvalue weighted by molar-refractivity contribution is -0.137. The maximum Gasteiger partial charge on any atom is 0.305 e. The third-order valence-corrected chi connectivity index (χ3v) is 3.32. The van der Waals surface area contributed by atoms with E-state index < -0.39 is 5.97 Å². The Bertz CT molecular complexity index is 782. The fraction of sp³-hybridized carbons (Fsp3) is 0.200. The summed E-state index contributed by atoms with van der Waals surface area (Å²) in [5.74, 6) is -0.186. The number of aryl methyl sites for hydroxylation is 1. The van der Waals surface area contributed by atoms with E-state index in [0.717, 1.165) is 5.56 Å². The van der Waals surface area contributed by atoms with Crippen LogP contribution in [0, 0.1) is 0 Å². The molecule has 3 aromatic rings. The fourth-order valence-corrected chi connectivity index (χ4v) is 2.26. The van der Waals surface area contributed by atoms with Gasteiger partial charge in [-0.05, 0) is 26.8 Å². The van der Waals surface area contributed by atoms with Gasteiger partial charge >= 0.3 is 5.97 Å². The van der Waals surface area contributed by atoms with Gasteiger partial charge in [0, 0.05) is 6.42 Å². The van der Waals surface area contributed by atoms with Gasteiger partial charge in [-0.2, -0.15) is 0 Å². The highest BCUT2D eigenvalue weighted by Crippen LogP contribution is 2.17. The third-order valence-electron chi connectivity index (χ3n) is 3.32. The van der Waals surface area contributed by atoms with Crippen LogP contribution in [0.15, 0.2) is 42.5 Å². The van der Waals surface area contributed by atoms with Gasteiger partial charge in [0.25, 0.3) is 0 Å². The zero-order valence-electron chi connectivity index (χ0n) is 11.3. The van der Waals surface area contributed by atoms with Crippen molar-refractivity contribution in [3.05, 3.63) is 53.9 Å². The number of hydrogen-bond acceptors (Lipinski definition) is 4. The molecule has 0 aliphatic carbocycles. The Kier molecular flexibility index (Phi) is 3.59. The van der Waals surface area contributed by atoms with Crippen LogP contribution in [0.4, 0.5) is 0 Å². The molecular formula is C15H14N4O2. The lowest BCUT2D eigenvalue weighted by Crippen LogP contribution is -2.10. The first-order valence-electron chi connectivity index (χ1n) is 6.67. The van der Waals surface area contributed by atoms with Crippen LogP contribution >= 0.6 is 0 Å². The first-order valence-corrected chi connectivity index (χ1v) is 6.67. The van der Waals surface area contributed by atoms with Gasteiger partial charge < -0.3 is 5.11 Å². The zero-order chi connectivity index (χ0) is 14.7. The Balaban J connectivity index is 1.82. The van der Waals surface area contributed by atoms with Crippen LogP contribution in [0.3, 0.4) is 0 Å². The van der Waals surface area contributed by atoms with Crippen molar-refractivity contribution in [2.75, 3.05) is 0 Å². The van der Waals surface area contributed by atoms with Crippen molar-refractivity contribution >= 4 is 16.7 Å². The first-order chi connectivity index (χ1) is 10.2. The van der Waals surface area contributed by atoms with Gasteiger partial charge in [0.2, 0.25) is 0 Å². The number of carboxylic acids is 1. The van der Waals surface area contributed by atoms with Gasteiger partial charge in [-0.15, -0.1) is 5.10 Å². The van der Waals surface area contributed by atoms with E-state index in [1.54, 1.807) is 4.68 Å². The summed E-state index contributed by atoms with van der Waals surface area (Å²) in [6.07, 6.45) is 0.590. The summed E-state index contributed by atoms with van der Waals surface area (Å²) in [5, 5.41) is 22.5. The summed E-state index contributed by atoms with van der Waals surface area (Å²) in [7, 11) is 0. The van der Waals surface area contributed by atoms with Crippen molar-refractivity contribution in [1.82, 2.24) is 20.2 Å². The molecule has 3 rings (SSSR count). The molecule has 6 heteroatoms. The van der Waals surface area contributed by atoms with Crippen molar-refractivity contribution in [3.8, 4) is 0 Å². The minimum Gasteiger partial charge on any atom is -0.481 e. The maximum absolute atomic E-state index is 10.6. The lowest BCUT2D eigenvalue weighted by atomic mass is 10.1. The largest absolute Gasteiger partial charge is 0.481 e. The molecule has 0 spiro atoms. The van der Waals surface area contributed by atoms with E-state index in [9.17, 15) is 4.79 Å². The highest BCUT2D eigenvalue weighted by Gasteiger charge is 2.09. The molecule has 0 saturated carbocycles. The van der Waals surface area contributed by atoms with Crippen molar-refractivity contribution in [3.63, 3.8) is 0 Å². The summed E-state index contributed by atoms with van der Waals surface area (Å²) < 4.78 is 1.54. The minimum atomic E-state index is -0.859. The lowest BCUT2D eigenvalue weighted by Gasteiger charge is -2.05. The Hall–Kier alpha value is -2.76. The molecule has 6 nitrogen and oxygen atoms in total. The number of carboxylic acid groups (broad SMARTS) is 1. The van der Waals surface area contributed by atoms with Gasteiger partial charge in [0.1, 0.15) is 0 Å². The fourth-order valence-electron chi connectivity index (χ4n) is 2.26. The predicted molar refractivity (Wildman–Crippen MR) is 76.8 cm³/mol. The monoisotopic (exact) mass is 282 g/mol. The number of fused-ring (bicyclic) bond motifs is 1. The number of aromatic nitrogens is 4. The van der Waals surface area contributed by atoms with E-state index in [1.807, 2.05) is 18.2 Å². The molecule has 1 heterocycles. The average molecular weight is 282 g/mol. The molecule has 1 N–H and O–H groups in total. The number of tetrazole rings is 1. The normalized spacial score (nSPS) is 10.9. The Labute approximate surface area is 121 Å². The van der Waals surface area contributed by atoms with Crippen molar-refractivity contribution < 1.29 is 9.90 Å². The number of nitrogens with zero attached hydrogens (tertiary/aromatic N) is 4. The molecule has 0 radical (unpaired) electrons. The molecule has 21 heavy (non-hydrogen) atoms. The molecule has 106 valence electrons. The van der Waals surface area contributed by atoms with Gasteiger partial charge in [-0.1, -0.05) is 42.5 Å². The highest BCUT2D eigenvalue weighted by molar-refractivity contribution is 5.83. The smallest absolute Gasteiger partial charge is 0.305 e. The molecule has 0 saturated heterocycles. The number of carbonyl (C=O) groups is 1. The molecule has 0 unspecified atom stereocenters. The van der Waals surface area contributed by atoms with E-state index in [4.69, 9.17) is 5.11 Å². The van der Waals surface area contributed by atoms with E-state index in [-0.39, 0.29) is 13.0 Å². The predicted octanol–water partition coefficient (Wildman–Crippen LogP) is 1.89. The molecule has 0 fully saturated rings. The molecule has 0 bridgehead atoms. The van der Waals surface area contributed by atoms with Crippen molar-refractivity contribution in [1.29, 1.82) is 0 Å². The van der Waals surface area contributed by atoms with E-state index in [1.165, 1.54) is 10.8 Å². The van der Waals surface area contributed by atoms with Crippen LogP contribution in [0.25, 0.3) is 10.8 Å². The van der Waals surface area contributed by atoms with Crippen LogP contribution in [-0.2, 0) is 17.8 Å². The summed E-state index contributed by atoms with van der Waals surface area (Å²) >= 11 is 0. The molecule has 1 aromatic heterocycles. The highest BCUT2D eigenvalue weighted by atomic mass is 16.4. The van der Waals surface area contributed by atoms with E-state index in [0.29, 0.717) is 12.2 Å². The first kappa shape index (κ1) is 13.2.